The van der Waals surface area contributed by atoms with Crippen molar-refractivity contribution >= 4 is 23.3 Å². The number of imidazole rings is 1. The van der Waals surface area contributed by atoms with Crippen LogP contribution in [0.2, 0.25) is 0 Å². The third kappa shape index (κ3) is 6.28. The van der Waals surface area contributed by atoms with Crippen molar-refractivity contribution in [2.75, 3.05) is 18.4 Å². The van der Waals surface area contributed by atoms with E-state index in [0.717, 1.165) is 30.0 Å². The van der Waals surface area contributed by atoms with Gasteiger partial charge in [0.25, 0.3) is 5.91 Å². The van der Waals surface area contributed by atoms with E-state index in [2.05, 4.69) is 32.8 Å². The first kappa shape index (κ1) is 24.2. The van der Waals surface area contributed by atoms with Crippen LogP contribution in [-0.4, -0.2) is 50.8 Å². The summed E-state index contributed by atoms with van der Waals surface area (Å²) in [6.07, 6.45) is -0.828. The van der Waals surface area contributed by atoms with Gasteiger partial charge in [-0.3, -0.25) is 4.79 Å². The zero-order valence-corrected chi connectivity index (χ0v) is 18.1. The van der Waals surface area contributed by atoms with Gasteiger partial charge in [-0.05, 0) is 68.5 Å². The Kier molecular flexibility index (Phi) is 7.32. The summed E-state index contributed by atoms with van der Waals surface area (Å²) in [6, 6.07) is 9.77. The lowest BCUT2D eigenvalue weighted by Gasteiger charge is -2.23. The van der Waals surface area contributed by atoms with Crippen molar-refractivity contribution in [2.45, 2.75) is 38.8 Å². The van der Waals surface area contributed by atoms with Crippen molar-refractivity contribution < 1.29 is 27.9 Å². The molecule has 1 unspecified atom stereocenters. The monoisotopic (exact) mass is 463 g/mol. The van der Waals surface area contributed by atoms with E-state index in [1.165, 1.54) is 18.4 Å². The number of alkyl halides is 3. The summed E-state index contributed by atoms with van der Waals surface area (Å²) in [5, 5.41) is 17.9. The molecule has 1 saturated heterocycles. The van der Waals surface area contributed by atoms with Gasteiger partial charge in [0, 0.05) is 12.1 Å². The predicted molar refractivity (Wildman–Crippen MR) is 115 cm³/mol. The fourth-order valence-corrected chi connectivity index (χ4v) is 3.54. The SMILES string of the molecule is Cc1cn2nc(NC(=O)c3ccc(C4CCCNC4)cc3)cc(C)c2n1.O=C(O)C(F)(F)F. The van der Waals surface area contributed by atoms with Crippen LogP contribution >= 0.6 is 0 Å². The molecule has 11 heteroatoms. The third-order valence-electron chi connectivity index (χ3n) is 5.16. The van der Waals surface area contributed by atoms with Crippen LogP contribution in [0.5, 0.6) is 0 Å². The minimum Gasteiger partial charge on any atom is -0.475 e. The quantitative estimate of drug-likeness (QED) is 0.547. The maximum Gasteiger partial charge on any atom is 0.490 e. The second kappa shape index (κ2) is 9.99. The van der Waals surface area contributed by atoms with E-state index in [0.29, 0.717) is 17.3 Å². The van der Waals surface area contributed by atoms with Gasteiger partial charge in [0.15, 0.2) is 11.5 Å². The van der Waals surface area contributed by atoms with Crippen LogP contribution < -0.4 is 10.6 Å². The second-order valence-electron chi connectivity index (χ2n) is 7.79. The van der Waals surface area contributed by atoms with Gasteiger partial charge in [0.1, 0.15) is 0 Å². The normalized spacial score (nSPS) is 16.1. The van der Waals surface area contributed by atoms with E-state index in [9.17, 15) is 18.0 Å². The molecule has 1 amide bonds. The molecule has 2 aromatic heterocycles. The number of benzene rings is 1. The average Bonchev–Trinajstić information content (AvgIpc) is 3.15. The van der Waals surface area contributed by atoms with E-state index in [4.69, 9.17) is 9.90 Å². The van der Waals surface area contributed by atoms with Crippen LogP contribution in [0.3, 0.4) is 0 Å². The van der Waals surface area contributed by atoms with Crippen LogP contribution in [0.4, 0.5) is 19.0 Å². The van der Waals surface area contributed by atoms with Crippen LogP contribution in [-0.2, 0) is 4.79 Å². The number of amides is 1. The number of aryl methyl sites for hydroxylation is 2. The molecule has 0 aliphatic carbocycles. The summed E-state index contributed by atoms with van der Waals surface area (Å²) in [4.78, 5) is 25.9. The van der Waals surface area contributed by atoms with Gasteiger partial charge in [-0.15, -0.1) is 5.10 Å². The number of carboxylic acid groups (broad SMARTS) is 1. The lowest BCUT2D eigenvalue weighted by molar-refractivity contribution is -0.192. The summed E-state index contributed by atoms with van der Waals surface area (Å²) >= 11 is 0. The van der Waals surface area contributed by atoms with Crippen molar-refractivity contribution in [1.82, 2.24) is 19.9 Å². The number of piperidine rings is 1. The Hall–Kier alpha value is -3.47. The van der Waals surface area contributed by atoms with Crippen LogP contribution in [0.25, 0.3) is 5.65 Å². The molecule has 1 aliphatic rings. The van der Waals surface area contributed by atoms with E-state index < -0.39 is 12.1 Å². The fraction of sp³-hybridized carbons (Fsp3) is 0.364. The van der Waals surface area contributed by atoms with Gasteiger partial charge in [0.05, 0.1) is 11.9 Å². The molecule has 0 spiro atoms. The molecule has 8 nitrogen and oxygen atoms in total. The highest BCUT2D eigenvalue weighted by Gasteiger charge is 2.38. The number of anilines is 1. The minimum absolute atomic E-state index is 0.151. The number of nitrogens with zero attached hydrogens (tertiary/aromatic N) is 3. The molecular weight excluding hydrogens is 439 g/mol. The molecule has 1 aromatic carbocycles. The Bertz CT molecular complexity index is 1140. The van der Waals surface area contributed by atoms with Gasteiger partial charge in [-0.1, -0.05) is 12.1 Å². The summed E-state index contributed by atoms with van der Waals surface area (Å²) in [7, 11) is 0. The fourth-order valence-electron chi connectivity index (χ4n) is 3.54. The Balaban J connectivity index is 0.000000383. The molecule has 0 bridgehead atoms. The van der Waals surface area contributed by atoms with Gasteiger partial charge >= 0.3 is 12.1 Å². The molecule has 3 aromatic rings. The van der Waals surface area contributed by atoms with Crippen molar-refractivity contribution in [3.63, 3.8) is 0 Å². The number of carbonyl (C=O) groups is 2. The third-order valence-corrected chi connectivity index (χ3v) is 5.16. The summed E-state index contributed by atoms with van der Waals surface area (Å²) < 4.78 is 33.4. The molecule has 33 heavy (non-hydrogen) atoms. The number of aliphatic carboxylic acids is 1. The molecule has 4 rings (SSSR count). The number of fused-ring (bicyclic) bond motifs is 1. The number of carboxylic acids is 1. The Morgan fingerprint density at radius 1 is 1.21 bits per heavy atom. The average molecular weight is 463 g/mol. The van der Waals surface area contributed by atoms with Crippen molar-refractivity contribution in [1.29, 1.82) is 0 Å². The standard InChI is InChI=1S/C20H23N5O.C2HF3O2/c1-13-10-18(24-25-12-14(2)22-19(13)25)23-20(26)16-7-5-15(6-8-16)17-4-3-9-21-11-17;3-2(4,5)1(6)7/h5-8,10,12,17,21H,3-4,9,11H2,1-2H3,(H,23,24,26);(H,6,7). The van der Waals surface area contributed by atoms with Crippen LogP contribution in [0.15, 0.2) is 36.5 Å². The van der Waals surface area contributed by atoms with E-state index in [1.54, 1.807) is 4.52 Å². The minimum atomic E-state index is -5.08. The molecule has 1 aliphatic heterocycles. The number of rotatable bonds is 3. The lowest BCUT2D eigenvalue weighted by atomic mass is 9.91. The lowest BCUT2D eigenvalue weighted by Crippen LogP contribution is -2.28. The maximum atomic E-state index is 12.6. The van der Waals surface area contributed by atoms with Crippen molar-refractivity contribution in [3.05, 3.63) is 58.9 Å². The summed E-state index contributed by atoms with van der Waals surface area (Å²) in [5.74, 6) is -1.84. The van der Waals surface area contributed by atoms with Crippen LogP contribution in [0.1, 0.15) is 45.9 Å². The van der Waals surface area contributed by atoms with Crippen molar-refractivity contribution in [3.8, 4) is 0 Å². The van der Waals surface area contributed by atoms with Gasteiger partial charge in [-0.2, -0.15) is 13.2 Å². The first-order chi connectivity index (χ1) is 15.5. The van der Waals surface area contributed by atoms with Crippen molar-refractivity contribution in [2.24, 2.45) is 0 Å². The largest absolute Gasteiger partial charge is 0.490 e. The van der Waals surface area contributed by atoms with E-state index in [-0.39, 0.29) is 5.91 Å². The van der Waals surface area contributed by atoms with Gasteiger partial charge in [0.2, 0.25) is 0 Å². The van der Waals surface area contributed by atoms with Crippen LogP contribution in [0, 0.1) is 13.8 Å². The maximum absolute atomic E-state index is 12.6. The number of hydrogen-bond acceptors (Lipinski definition) is 5. The number of halogens is 3. The molecule has 3 heterocycles. The number of carbonyl (C=O) groups excluding carboxylic acids is 1. The summed E-state index contributed by atoms with van der Waals surface area (Å²) in [6.45, 7) is 6.01. The topological polar surface area (TPSA) is 109 Å². The smallest absolute Gasteiger partial charge is 0.475 e. The first-order valence-corrected chi connectivity index (χ1v) is 10.3. The first-order valence-electron chi connectivity index (χ1n) is 10.3. The zero-order valence-electron chi connectivity index (χ0n) is 18.1. The Morgan fingerprint density at radius 2 is 1.88 bits per heavy atom. The second-order valence-corrected chi connectivity index (χ2v) is 7.79. The molecule has 176 valence electrons. The van der Waals surface area contributed by atoms with Gasteiger partial charge in [-0.25, -0.2) is 14.3 Å². The molecule has 0 saturated carbocycles. The molecular formula is C22H24F3N5O3. The Labute approximate surface area is 187 Å². The molecule has 0 radical (unpaired) electrons. The number of aromatic nitrogens is 3. The zero-order chi connectivity index (χ0) is 24.2. The predicted octanol–water partition coefficient (Wildman–Crippen LogP) is 3.70. The highest BCUT2D eigenvalue weighted by molar-refractivity contribution is 6.03. The van der Waals surface area contributed by atoms with E-state index >= 15 is 0 Å². The number of nitrogens with one attached hydrogen (secondary N) is 2. The van der Waals surface area contributed by atoms with E-state index in [1.807, 2.05) is 38.2 Å². The highest BCUT2D eigenvalue weighted by Crippen LogP contribution is 2.23. The number of hydrogen-bond donors (Lipinski definition) is 3. The molecule has 1 atom stereocenters. The Morgan fingerprint density at radius 3 is 2.45 bits per heavy atom. The van der Waals surface area contributed by atoms with Gasteiger partial charge < -0.3 is 15.7 Å². The highest BCUT2D eigenvalue weighted by atomic mass is 19.4. The summed E-state index contributed by atoms with van der Waals surface area (Å²) in [5.41, 5.74) is 4.61. The molecule has 3 N–H and O–H groups in total. The molecule has 1 fully saturated rings.